The van der Waals surface area contributed by atoms with Gasteiger partial charge in [-0.25, -0.2) is 0 Å². The minimum atomic E-state index is 0.944. The van der Waals surface area contributed by atoms with Gasteiger partial charge in [-0.15, -0.1) is 0 Å². The molecule has 14 heavy (non-hydrogen) atoms. The largest absolute Gasteiger partial charge is 0.157 e. The van der Waals surface area contributed by atoms with E-state index in [0.29, 0.717) is 0 Å². The monoisotopic (exact) mass is 224 g/mol. The van der Waals surface area contributed by atoms with Crippen LogP contribution in [0, 0.1) is 13.8 Å². The molecule has 0 bridgehead atoms. The molecule has 0 atom stereocenters. The Bertz CT molecular complexity index is 214. The summed E-state index contributed by atoms with van der Waals surface area (Å²) in [5.41, 5.74) is 2.78. The molecule has 0 N–H and O–H groups in total. The zero-order valence-electron chi connectivity index (χ0n) is 8.37. The van der Waals surface area contributed by atoms with Crippen molar-refractivity contribution in [2.24, 2.45) is 0 Å². The number of hydrogen-bond acceptors (Lipinski definition) is 2. The minimum Gasteiger partial charge on any atom is -0.157 e. The van der Waals surface area contributed by atoms with Crippen LogP contribution in [0.2, 0.25) is 0 Å². The SMILES string of the molecule is [CH2]CSCc1ccc(CSC[CH2])cc1. The lowest BCUT2D eigenvalue weighted by molar-refractivity contribution is 1.34. The predicted molar refractivity (Wildman–Crippen MR) is 69.5 cm³/mol. The van der Waals surface area contributed by atoms with Gasteiger partial charge >= 0.3 is 0 Å². The molecule has 0 unspecified atom stereocenters. The smallest absolute Gasteiger partial charge is 0.0184 e. The fraction of sp³-hybridized carbons (Fsp3) is 0.333. The number of hydrogen-bond donors (Lipinski definition) is 0. The van der Waals surface area contributed by atoms with Gasteiger partial charge in [0.25, 0.3) is 0 Å². The molecule has 1 aromatic carbocycles. The zero-order chi connectivity index (χ0) is 10.2. The first kappa shape index (κ1) is 12.0. The van der Waals surface area contributed by atoms with Crippen molar-refractivity contribution in [1.29, 1.82) is 0 Å². The lowest BCUT2D eigenvalue weighted by atomic mass is 10.2. The normalized spacial score (nSPS) is 10.4. The molecule has 0 aliphatic carbocycles. The number of rotatable bonds is 6. The van der Waals surface area contributed by atoms with Gasteiger partial charge in [-0.2, -0.15) is 23.5 Å². The van der Waals surface area contributed by atoms with Crippen molar-refractivity contribution in [2.75, 3.05) is 11.5 Å². The molecule has 2 heteroatoms. The molecular formula is C12H16S2. The standard InChI is InChI=1S/C12H16S2/c1-3-13-9-11-5-7-12(8-6-11)10-14-4-2/h5-8H,1-4,9-10H2. The van der Waals surface area contributed by atoms with Crippen LogP contribution in [-0.2, 0) is 11.5 Å². The first-order valence-electron chi connectivity index (χ1n) is 4.68. The van der Waals surface area contributed by atoms with Gasteiger partial charge in [-0.3, -0.25) is 0 Å². The summed E-state index contributed by atoms with van der Waals surface area (Å²) < 4.78 is 0. The van der Waals surface area contributed by atoms with Crippen molar-refractivity contribution in [2.45, 2.75) is 11.5 Å². The van der Waals surface area contributed by atoms with E-state index >= 15 is 0 Å². The van der Waals surface area contributed by atoms with E-state index in [1.165, 1.54) is 11.1 Å². The Morgan fingerprint density at radius 2 is 1.14 bits per heavy atom. The van der Waals surface area contributed by atoms with Crippen LogP contribution in [0.5, 0.6) is 0 Å². The summed E-state index contributed by atoms with van der Waals surface area (Å²) in [4.78, 5) is 0. The third kappa shape index (κ3) is 4.43. The lowest BCUT2D eigenvalue weighted by Crippen LogP contribution is -1.84. The Morgan fingerprint density at radius 1 is 0.786 bits per heavy atom. The molecule has 0 fully saturated rings. The van der Waals surface area contributed by atoms with E-state index in [0.717, 1.165) is 23.0 Å². The summed E-state index contributed by atoms with van der Waals surface area (Å²) in [6, 6.07) is 8.84. The molecular weight excluding hydrogens is 208 g/mol. The summed E-state index contributed by atoms with van der Waals surface area (Å²) in [6.07, 6.45) is 0. The van der Waals surface area contributed by atoms with E-state index in [1.807, 2.05) is 23.5 Å². The average molecular weight is 224 g/mol. The lowest BCUT2D eigenvalue weighted by Gasteiger charge is -2.02. The van der Waals surface area contributed by atoms with Crippen LogP contribution in [0.4, 0.5) is 0 Å². The summed E-state index contributed by atoms with van der Waals surface area (Å²) in [7, 11) is 0. The van der Waals surface area contributed by atoms with Crippen LogP contribution in [0.1, 0.15) is 11.1 Å². The Morgan fingerprint density at radius 3 is 1.43 bits per heavy atom. The second kappa shape index (κ2) is 7.24. The molecule has 1 aromatic rings. The molecule has 0 saturated carbocycles. The summed E-state index contributed by atoms with van der Waals surface area (Å²) in [6.45, 7) is 7.62. The fourth-order valence-corrected chi connectivity index (χ4v) is 2.26. The minimum absolute atomic E-state index is 0.944. The van der Waals surface area contributed by atoms with Crippen LogP contribution in [0.3, 0.4) is 0 Å². The Hall–Kier alpha value is -0.0800. The second-order valence-electron chi connectivity index (χ2n) is 2.92. The fourth-order valence-electron chi connectivity index (χ4n) is 1.11. The van der Waals surface area contributed by atoms with Crippen LogP contribution < -0.4 is 0 Å². The molecule has 0 aliphatic rings. The quantitative estimate of drug-likeness (QED) is 0.720. The maximum Gasteiger partial charge on any atom is 0.0184 e. The summed E-state index contributed by atoms with van der Waals surface area (Å²) >= 11 is 3.72. The van der Waals surface area contributed by atoms with Crippen LogP contribution >= 0.6 is 23.5 Å². The van der Waals surface area contributed by atoms with Crippen LogP contribution in [-0.4, -0.2) is 11.5 Å². The molecule has 0 nitrogen and oxygen atoms in total. The van der Waals surface area contributed by atoms with Crippen molar-refractivity contribution in [3.05, 3.63) is 49.2 Å². The van der Waals surface area contributed by atoms with Gasteiger partial charge in [0.05, 0.1) is 0 Å². The maximum atomic E-state index is 3.81. The van der Waals surface area contributed by atoms with Crippen LogP contribution in [0.25, 0.3) is 0 Å². The Balaban J connectivity index is 2.42. The first-order chi connectivity index (χ1) is 6.86. The molecule has 76 valence electrons. The molecule has 0 aromatic heterocycles. The maximum absolute atomic E-state index is 3.81. The van der Waals surface area contributed by atoms with Gasteiger partial charge in [0.15, 0.2) is 0 Å². The van der Waals surface area contributed by atoms with Crippen molar-refractivity contribution >= 4 is 23.5 Å². The topological polar surface area (TPSA) is 0 Å². The van der Waals surface area contributed by atoms with E-state index < -0.39 is 0 Å². The Labute approximate surface area is 95.9 Å². The van der Waals surface area contributed by atoms with E-state index in [4.69, 9.17) is 0 Å². The third-order valence-electron chi connectivity index (χ3n) is 1.85. The van der Waals surface area contributed by atoms with E-state index in [9.17, 15) is 0 Å². The summed E-state index contributed by atoms with van der Waals surface area (Å²) in [5, 5.41) is 0. The first-order valence-corrected chi connectivity index (χ1v) is 6.99. The zero-order valence-corrected chi connectivity index (χ0v) is 10.0. The molecule has 0 spiro atoms. The highest BCUT2D eigenvalue weighted by Gasteiger charge is 1.94. The van der Waals surface area contributed by atoms with Gasteiger partial charge < -0.3 is 0 Å². The highest BCUT2D eigenvalue weighted by atomic mass is 32.2. The van der Waals surface area contributed by atoms with Gasteiger partial charge in [-0.1, -0.05) is 24.3 Å². The van der Waals surface area contributed by atoms with Gasteiger partial charge in [0.1, 0.15) is 0 Å². The molecule has 1 rings (SSSR count). The predicted octanol–water partition coefficient (Wildman–Crippen LogP) is 3.82. The highest BCUT2D eigenvalue weighted by molar-refractivity contribution is 7.98. The second-order valence-corrected chi connectivity index (χ2v) is 5.13. The van der Waals surface area contributed by atoms with Crippen molar-refractivity contribution in [3.8, 4) is 0 Å². The molecule has 0 saturated heterocycles. The molecule has 2 radical (unpaired) electrons. The van der Waals surface area contributed by atoms with E-state index in [1.54, 1.807) is 0 Å². The average Bonchev–Trinajstić information content (AvgIpc) is 2.25. The van der Waals surface area contributed by atoms with E-state index in [-0.39, 0.29) is 0 Å². The van der Waals surface area contributed by atoms with Crippen molar-refractivity contribution in [3.63, 3.8) is 0 Å². The van der Waals surface area contributed by atoms with Crippen molar-refractivity contribution < 1.29 is 0 Å². The third-order valence-corrected chi connectivity index (χ3v) is 3.50. The van der Waals surface area contributed by atoms with E-state index in [2.05, 4.69) is 38.1 Å². The van der Waals surface area contributed by atoms with Gasteiger partial charge in [0.2, 0.25) is 0 Å². The van der Waals surface area contributed by atoms with Gasteiger partial charge in [-0.05, 0) is 36.5 Å². The number of benzene rings is 1. The van der Waals surface area contributed by atoms with Crippen molar-refractivity contribution in [1.82, 2.24) is 0 Å². The molecule has 0 heterocycles. The number of thioether (sulfide) groups is 2. The van der Waals surface area contributed by atoms with Crippen LogP contribution in [0.15, 0.2) is 24.3 Å². The molecule has 0 aliphatic heterocycles. The summed E-state index contributed by atoms with van der Waals surface area (Å²) in [5.74, 6) is 4.04. The van der Waals surface area contributed by atoms with Gasteiger partial charge in [0, 0.05) is 11.5 Å². The highest BCUT2D eigenvalue weighted by Crippen LogP contribution is 2.15. The Kier molecular flexibility index (Phi) is 6.20. The molecule has 0 amide bonds.